The summed E-state index contributed by atoms with van der Waals surface area (Å²) in [5, 5.41) is 0. The van der Waals surface area contributed by atoms with Crippen molar-refractivity contribution < 1.29 is 9.13 Å². The Balaban J connectivity index is 1.70. The zero-order valence-corrected chi connectivity index (χ0v) is 12.2. The third-order valence-corrected chi connectivity index (χ3v) is 4.27. The van der Waals surface area contributed by atoms with E-state index in [4.69, 9.17) is 10.5 Å². The molecule has 0 saturated heterocycles. The molecule has 1 aliphatic rings. The Hall–Kier alpha value is -1.87. The summed E-state index contributed by atoms with van der Waals surface area (Å²) in [5.41, 5.74) is 9.67. The van der Waals surface area contributed by atoms with Crippen LogP contribution in [0.2, 0.25) is 0 Å². The normalized spacial score (nSPS) is 18.7. The van der Waals surface area contributed by atoms with Gasteiger partial charge in [0, 0.05) is 12.0 Å². The molecule has 1 aliphatic heterocycles. The lowest BCUT2D eigenvalue weighted by Crippen LogP contribution is -2.39. The zero-order valence-electron chi connectivity index (χ0n) is 12.2. The van der Waals surface area contributed by atoms with Gasteiger partial charge in [-0.25, -0.2) is 4.39 Å². The first-order valence-electron chi connectivity index (χ1n) is 7.35. The van der Waals surface area contributed by atoms with Gasteiger partial charge in [-0.1, -0.05) is 24.3 Å². The Labute approximate surface area is 124 Å². The summed E-state index contributed by atoms with van der Waals surface area (Å²) in [6.07, 6.45) is 1.69. The van der Waals surface area contributed by atoms with E-state index in [2.05, 4.69) is 6.07 Å². The topological polar surface area (TPSA) is 35.2 Å². The van der Waals surface area contributed by atoms with Gasteiger partial charge in [-0.2, -0.15) is 0 Å². The number of halogens is 1. The molecular weight excluding hydrogens is 265 g/mol. The molecular formula is C18H20FNO. The van der Waals surface area contributed by atoms with Crippen molar-refractivity contribution in [3.63, 3.8) is 0 Å². The van der Waals surface area contributed by atoms with Gasteiger partial charge in [0.2, 0.25) is 0 Å². The molecule has 2 N–H and O–H groups in total. The molecule has 3 rings (SSSR count). The van der Waals surface area contributed by atoms with Crippen LogP contribution in [0.4, 0.5) is 4.39 Å². The third kappa shape index (κ3) is 3.08. The number of fused-ring (bicyclic) bond motifs is 1. The first kappa shape index (κ1) is 14.1. The molecule has 0 bridgehead atoms. The number of para-hydroxylation sites is 1. The summed E-state index contributed by atoms with van der Waals surface area (Å²) in [6, 6.07) is 13.0. The van der Waals surface area contributed by atoms with Crippen molar-refractivity contribution in [1.82, 2.24) is 0 Å². The Morgan fingerprint density at radius 1 is 1.29 bits per heavy atom. The number of aryl methyl sites for hydroxylation is 1. The summed E-state index contributed by atoms with van der Waals surface area (Å²) < 4.78 is 19.0. The van der Waals surface area contributed by atoms with Gasteiger partial charge >= 0.3 is 0 Å². The second kappa shape index (κ2) is 5.86. The van der Waals surface area contributed by atoms with Gasteiger partial charge in [-0.15, -0.1) is 0 Å². The van der Waals surface area contributed by atoms with E-state index in [1.54, 1.807) is 6.07 Å². The fourth-order valence-electron chi connectivity index (χ4n) is 2.94. The minimum absolute atomic E-state index is 0.0162. The monoisotopic (exact) mass is 285 g/mol. The molecule has 2 aromatic carbocycles. The highest BCUT2D eigenvalue weighted by Crippen LogP contribution is 2.28. The summed E-state index contributed by atoms with van der Waals surface area (Å²) in [5.74, 6) is 1.07. The van der Waals surface area contributed by atoms with Gasteiger partial charge in [-0.05, 0) is 54.7 Å². The maximum Gasteiger partial charge on any atom is 0.123 e. The minimum Gasteiger partial charge on any atom is -0.493 e. The molecule has 0 radical (unpaired) electrons. The van der Waals surface area contributed by atoms with Gasteiger partial charge in [-0.3, -0.25) is 0 Å². The van der Waals surface area contributed by atoms with E-state index in [0.29, 0.717) is 12.5 Å². The molecule has 0 amide bonds. The molecule has 0 fully saturated rings. The van der Waals surface area contributed by atoms with Crippen LogP contribution < -0.4 is 10.5 Å². The Bertz CT molecular complexity index is 641. The van der Waals surface area contributed by atoms with Crippen LogP contribution in [-0.4, -0.2) is 12.6 Å². The SMILES string of the molecule is Cc1cc(F)ccc1CC(N)C1COc2ccccc2C1. The number of hydrogen-bond donors (Lipinski definition) is 1. The van der Waals surface area contributed by atoms with E-state index in [9.17, 15) is 4.39 Å². The predicted molar refractivity (Wildman–Crippen MR) is 81.9 cm³/mol. The molecule has 2 unspecified atom stereocenters. The van der Waals surface area contributed by atoms with E-state index < -0.39 is 0 Å². The van der Waals surface area contributed by atoms with Crippen molar-refractivity contribution in [2.45, 2.75) is 25.8 Å². The fraction of sp³-hybridized carbons (Fsp3) is 0.333. The second-order valence-corrected chi connectivity index (χ2v) is 5.82. The summed E-state index contributed by atoms with van der Waals surface area (Å²) in [4.78, 5) is 0. The van der Waals surface area contributed by atoms with Crippen molar-refractivity contribution in [2.75, 3.05) is 6.61 Å². The Morgan fingerprint density at radius 2 is 2.10 bits per heavy atom. The van der Waals surface area contributed by atoms with Crippen LogP contribution in [0.25, 0.3) is 0 Å². The van der Waals surface area contributed by atoms with E-state index in [1.165, 1.54) is 11.6 Å². The van der Waals surface area contributed by atoms with Crippen LogP contribution in [0.3, 0.4) is 0 Å². The van der Waals surface area contributed by atoms with Gasteiger partial charge in [0.1, 0.15) is 11.6 Å². The van der Waals surface area contributed by atoms with Crippen LogP contribution in [0.1, 0.15) is 16.7 Å². The lowest BCUT2D eigenvalue weighted by molar-refractivity contribution is 0.198. The number of nitrogens with two attached hydrogens (primary N) is 1. The van der Waals surface area contributed by atoms with Crippen LogP contribution in [0.15, 0.2) is 42.5 Å². The molecule has 0 aromatic heterocycles. The quantitative estimate of drug-likeness (QED) is 0.939. The summed E-state index contributed by atoms with van der Waals surface area (Å²) >= 11 is 0. The Kier molecular flexibility index (Phi) is 3.93. The number of benzene rings is 2. The molecule has 1 heterocycles. The van der Waals surface area contributed by atoms with Gasteiger partial charge in [0.15, 0.2) is 0 Å². The molecule has 3 heteroatoms. The molecule has 0 saturated carbocycles. The maximum atomic E-state index is 13.2. The second-order valence-electron chi connectivity index (χ2n) is 5.82. The molecule has 110 valence electrons. The van der Waals surface area contributed by atoms with Crippen LogP contribution in [-0.2, 0) is 12.8 Å². The lowest BCUT2D eigenvalue weighted by atomic mass is 9.87. The molecule has 2 nitrogen and oxygen atoms in total. The van der Waals surface area contributed by atoms with Crippen molar-refractivity contribution >= 4 is 0 Å². The van der Waals surface area contributed by atoms with Crippen molar-refractivity contribution in [2.24, 2.45) is 11.7 Å². The average Bonchev–Trinajstić information content (AvgIpc) is 2.49. The van der Waals surface area contributed by atoms with Gasteiger partial charge in [0.25, 0.3) is 0 Å². The van der Waals surface area contributed by atoms with Crippen molar-refractivity contribution in [3.05, 3.63) is 65.0 Å². The summed E-state index contributed by atoms with van der Waals surface area (Å²) in [6.45, 7) is 2.58. The lowest BCUT2D eigenvalue weighted by Gasteiger charge is -2.30. The maximum absolute atomic E-state index is 13.2. The third-order valence-electron chi connectivity index (χ3n) is 4.27. The molecule has 0 aliphatic carbocycles. The van der Waals surface area contributed by atoms with E-state index >= 15 is 0 Å². The number of hydrogen-bond acceptors (Lipinski definition) is 2. The fourth-order valence-corrected chi connectivity index (χ4v) is 2.94. The smallest absolute Gasteiger partial charge is 0.123 e. The van der Waals surface area contributed by atoms with E-state index in [-0.39, 0.29) is 11.9 Å². The van der Waals surface area contributed by atoms with Crippen LogP contribution in [0.5, 0.6) is 5.75 Å². The van der Waals surface area contributed by atoms with Crippen LogP contribution >= 0.6 is 0 Å². The van der Waals surface area contributed by atoms with Crippen molar-refractivity contribution in [1.29, 1.82) is 0 Å². The largest absolute Gasteiger partial charge is 0.493 e. The predicted octanol–water partition coefficient (Wildman–Crippen LogP) is 3.26. The molecule has 2 atom stereocenters. The van der Waals surface area contributed by atoms with E-state index in [0.717, 1.165) is 29.7 Å². The molecule has 21 heavy (non-hydrogen) atoms. The molecule has 0 spiro atoms. The van der Waals surface area contributed by atoms with Crippen LogP contribution in [0, 0.1) is 18.7 Å². The highest BCUT2D eigenvalue weighted by molar-refractivity contribution is 5.35. The first-order valence-corrected chi connectivity index (χ1v) is 7.35. The zero-order chi connectivity index (χ0) is 14.8. The van der Waals surface area contributed by atoms with Gasteiger partial charge < -0.3 is 10.5 Å². The van der Waals surface area contributed by atoms with Crippen molar-refractivity contribution in [3.8, 4) is 5.75 Å². The number of ether oxygens (including phenoxy) is 1. The Morgan fingerprint density at radius 3 is 2.90 bits per heavy atom. The average molecular weight is 285 g/mol. The minimum atomic E-state index is -0.195. The highest BCUT2D eigenvalue weighted by atomic mass is 19.1. The van der Waals surface area contributed by atoms with Gasteiger partial charge in [0.05, 0.1) is 6.61 Å². The standard InChI is InChI=1S/C18H20FNO/c1-12-8-16(19)7-6-13(12)10-17(20)15-9-14-4-2-3-5-18(14)21-11-15/h2-8,15,17H,9-11,20H2,1H3. The number of rotatable bonds is 3. The summed E-state index contributed by atoms with van der Waals surface area (Å²) in [7, 11) is 0. The molecule has 2 aromatic rings. The first-order chi connectivity index (χ1) is 10.1. The van der Waals surface area contributed by atoms with E-state index in [1.807, 2.05) is 31.2 Å². The highest BCUT2D eigenvalue weighted by Gasteiger charge is 2.25.